The van der Waals surface area contributed by atoms with Gasteiger partial charge in [-0.25, -0.2) is 0 Å². The summed E-state index contributed by atoms with van der Waals surface area (Å²) >= 11 is 0. The minimum atomic E-state index is -0.302. The first-order valence-electron chi connectivity index (χ1n) is 11.4. The summed E-state index contributed by atoms with van der Waals surface area (Å²) in [5, 5.41) is 8.74. The highest BCUT2D eigenvalue weighted by Crippen LogP contribution is 2.48. The molecule has 0 saturated carbocycles. The SMILES string of the molecule is Cc1ccc2c(c1)CC1c3cc4c(cc3C(=O)N21)[nH]c(=O)c1nnc(C2(C)CCOCC2)n14. The molecule has 1 N–H and O–H groups in total. The first-order chi connectivity index (χ1) is 15.9. The summed E-state index contributed by atoms with van der Waals surface area (Å²) < 4.78 is 7.48. The van der Waals surface area contributed by atoms with Crippen molar-refractivity contribution >= 4 is 28.3 Å². The van der Waals surface area contributed by atoms with Crippen LogP contribution in [0, 0.1) is 6.92 Å². The van der Waals surface area contributed by atoms with Gasteiger partial charge in [-0.15, -0.1) is 10.2 Å². The molecule has 8 heteroatoms. The molecule has 2 aromatic carbocycles. The summed E-state index contributed by atoms with van der Waals surface area (Å²) in [5.74, 6) is 0.768. The van der Waals surface area contributed by atoms with Crippen molar-refractivity contribution in [3.63, 3.8) is 0 Å². The van der Waals surface area contributed by atoms with Crippen LogP contribution in [-0.4, -0.2) is 38.7 Å². The van der Waals surface area contributed by atoms with E-state index in [1.54, 1.807) is 0 Å². The van der Waals surface area contributed by atoms with Crippen LogP contribution >= 0.6 is 0 Å². The maximum absolute atomic E-state index is 13.4. The molecule has 166 valence electrons. The fraction of sp³-hybridized carbons (Fsp3) is 0.360. The maximum atomic E-state index is 13.4. The standard InChI is InChI=1S/C25H23N5O3/c1-13-3-4-18-14(9-13)10-19-15-12-20-17(11-16(15)23(32)29(18)19)26-22(31)21-27-28-24(30(20)21)25(2)5-7-33-8-6-25/h3-4,9,11-12,19H,5-8,10H2,1-2H3,(H,26,31). The van der Waals surface area contributed by atoms with Crippen LogP contribution in [0.1, 0.15) is 58.7 Å². The van der Waals surface area contributed by atoms with E-state index in [2.05, 4.69) is 41.2 Å². The summed E-state index contributed by atoms with van der Waals surface area (Å²) in [6.07, 6.45) is 2.42. The predicted octanol–water partition coefficient (Wildman–Crippen LogP) is 3.20. The van der Waals surface area contributed by atoms with E-state index >= 15 is 0 Å². The fourth-order valence-electron chi connectivity index (χ4n) is 5.83. The number of aryl methyl sites for hydroxylation is 1. The summed E-state index contributed by atoms with van der Waals surface area (Å²) in [5.41, 5.74) is 6.23. The van der Waals surface area contributed by atoms with Crippen molar-refractivity contribution in [1.82, 2.24) is 19.6 Å². The van der Waals surface area contributed by atoms with Crippen molar-refractivity contribution in [2.45, 2.75) is 44.6 Å². The number of anilines is 1. The topological polar surface area (TPSA) is 92.6 Å². The Labute approximate surface area is 189 Å². The van der Waals surface area contributed by atoms with Crippen molar-refractivity contribution in [3.8, 4) is 0 Å². The molecule has 3 aliphatic heterocycles. The number of aromatic nitrogens is 4. The van der Waals surface area contributed by atoms with Crippen molar-refractivity contribution in [3.05, 3.63) is 68.8 Å². The third-order valence-electron chi connectivity index (χ3n) is 7.69. The quantitative estimate of drug-likeness (QED) is 0.490. The highest BCUT2D eigenvalue weighted by Gasteiger charge is 2.43. The predicted molar refractivity (Wildman–Crippen MR) is 123 cm³/mol. The number of ether oxygens (including phenoxy) is 1. The molecule has 0 bridgehead atoms. The van der Waals surface area contributed by atoms with E-state index in [0.717, 1.165) is 41.9 Å². The van der Waals surface area contributed by atoms with Gasteiger partial charge < -0.3 is 14.6 Å². The number of carbonyl (C=O) groups excluding carboxylic acids is 1. The Hall–Kier alpha value is -3.52. The van der Waals surface area contributed by atoms with Crippen LogP contribution in [-0.2, 0) is 16.6 Å². The zero-order chi connectivity index (χ0) is 22.5. The maximum Gasteiger partial charge on any atom is 0.294 e. The van der Waals surface area contributed by atoms with E-state index in [0.29, 0.717) is 24.3 Å². The molecule has 4 aromatic rings. The first kappa shape index (κ1) is 19.0. The zero-order valence-electron chi connectivity index (χ0n) is 18.5. The Morgan fingerprint density at radius 3 is 2.76 bits per heavy atom. The normalized spacial score (nSPS) is 21.0. The number of rotatable bonds is 1. The van der Waals surface area contributed by atoms with Gasteiger partial charge in [0.2, 0.25) is 5.65 Å². The van der Waals surface area contributed by atoms with Gasteiger partial charge >= 0.3 is 0 Å². The van der Waals surface area contributed by atoms with E-state index < -0.39 is 0 Å². The number of hydrogen-bond acceptors (Lipinski definition) is 5. The number of H-pyrrole nitrogens is 1. The molecular weight excluding hydrogens is 418 g/mol. The number of amides is 1. The monoisotopic (exact) mass is 441 g/mol. The molecule has 0 aliphatic carbocycles. The van der Waals surface area contributed by atoms with Gasteiger partial charge in [-0.3, -0.25) is 14.0 Å². The van der Waals surface area contributed by atoms with Gasteiger partial charge in [0.05, 0.1) is 17.1 Å². The minimum Gasteiger partial charge on any atom is -0.381 e. The van der Waals surface area contributed by atoms with Crippen molar-refractivity contribution < 1.29 is 9.53 Å². The minimum absolute atomic E-state index is 0.0131. The number of benzene rings is 2. The van der Waals surface area contributed by atoms with Crippen molar-refractivity contribution in [2.75, 3.05) is 18.1 Å². The summed E-state index contributed by atoms with van der Waals surface area (Å²) in [6.45, 7) is 5.55. The van der Waals surface area contributed by atoms with Gasteiger partial charge in [-0.2, -0.15) is 0 Å². The molecule has 33 heavy (non-hydrogen) atoms. The molecule has 1 unspecified atom stereocenters. The Balaban J connectivity index is 1.48. The molecule has 0 spiro atoms. The number of nitrogens with one attached hydrogen (secondary N) is 1. The Bertz CT molecular complexity index is 1560. The van der Waals surface area contributed by atoms with Crippen LogP contribution < -0.4 is 10.5 Å². The Morgan fingerprint density at radius 1 is 1.12 bits per heavy atom. The van der Waals surface area contributed by atoms with Crippen LogP contribution in [0.25, 0.3) is 16.7 Å². The number of hydrogen-bond donors (Lipinski definition) is 1. The Kier molecular flexibility index (Phi) is 3.62. The lowest BCUT2D eigenvalue weighted by atomic mass is 9.81. The second kappa shape index (κ2) is 6.29. The summed E-state index contributed by atoms with van der Waals surface area (Å²) in [6, 6.07) is 10.1. The largest absolute Gasteiger partial charge is 0.381 e. The van der Waals surface area contributed by atoms with E-state index in [-0.39, 0.29) is 28.6 Å². The van der Waals surface area contributed by atoms with E-state index in [4.69, 9.17) is 4.74 Å². The van der Waals surface area contributed by atoms with Crippen LogP contribution in [0.15, 0.2) is 35.1 Å². The third-order valence-corrected chi connectivity index (χ3v) is 7.69. The van der Waals surface area contributed by atoms with Gasteiger partial charge in [0.15, 0.2) is 0 Å². The van der Waals surface area contributed by atoms with Crippen LogP contribution in [0.2, 0.25) is 0 Å². The highest BCUT2D eigenvalue weighted by molar-refractivity contribution is 6.14. The molecular formula is C25H23N5O3. The van der Waals surface area contributed by atoms with E-state index in [1.165, 1.54) is 11.1 Å². The molecule has 8 nitrogen and oxygen atoms in total. The second-order valence-corrected chi connectivity index (χ2v) is 9.79. The third kappa shape index (κ3) is 2.44. The van der Waals surface area contributed by atoms with E-state index in [1.807, 2.05) is 27.5 Å². The Morgan fingerprint density at radius 2 is 1.94 bits per heavy atom. The highest BCUT2D eigenvalue weighted by atomic mass is 16.5. The van der Waals surface area contributed by atoms with Crippen LogP contribution in [0.4, 0.5) is 5.69 Å². The van der Waals surface area contributed by atoms with Gasteiger partial charge in [0.1, 0.15) is 5.82 Å². The number of nitrogens with zero attached hydrogens (tertiary/aromatic N) is 4. The molecule has 2 aromatic heterocycles. The van der Waals surface area contributed by atoms with Gasteiger partial charge in [0.25, 0.3) is 11.5 Å². The van der Waals surface area contributed by atoms with Crippen LogP contribution in [0.3, 0.4) is 0 Å². The van der Waals surface area contributed by atoms with Crippen molar-refractivity contribution in [2.24, 2.45) is 0 Å². The van der Waals surface area contributed by atoms with Gasteiger partial charge in [0, 0.05) is 29.9 Å². The number of fused-ring (bicyclic) bond motifs is 8. The van der Waals surface area contributed by atoms with Gasteiger partial charge in [-0.05, 0) is 55.5 Å². The molecule has 7 rings (SSSR count). The number of aromatic amines is 1. The first-order valence-corrected chi connectivity index (χ1v) is 11.4. The second-order valence-electron chi connectivity index (χ2n) is 9.79. The molecule has 5 heterocycles. The molecule has 3 aliphatic rings. The molecule has 1 atom stereocenters. The van der Waals surface area contributed by atoms with Gasteiger partial charge in [-0.1, -0.05) is 24.6 Å². The smallest absolute Gasteiger partial charge is 0.294 e. The number of carbonyl (C=O) groups is 1. The zero-order valence-corrected chi connectivity index (χ0v) is 18.5. The molecule has 1 amide bonds. The molecule has 1 fully saturated rings. The average molecular weight is 441 g/mol. The summed E-state index contributed by atoms with van der Waals surface area (Å²) in [4.78, 5) is 31.1. The lowest BCUT2D eigenvalue weighted by Gasteiger charge is -2.31. The summed E-state index contributed by atoms with van der Waals surface area (Å²) in [7, 11) is 0. The average Bonchev–Trinajstić information content (AvgIpc) is 3.47. The lowest BCUT2D eigenvalue weighted by molar-refractivity contribution is 0.0533. The molecule has 1 saturated heterocycles. The fourth-order valence-corrected chi connectivity index (χ4v) is 5.83. The molecule has 0 radical (unpaired) electrons. The van der Waals surface area contributed by atoms with E-state index in [9.17, 15) is 9.59 Å². The lowest BCUT2D eigenvalue weighted by Crippen LogP contribution is -2.33. The van der Waals surface area contributed by atoms with Crippen molar-refractivity contribution in [1.29, 1.82) is 0 Å². The van der Waals surface area contributed by atoms with Crippen LogP contribution in [0.5, 0.6) is 0 Å².